The summed E-state index contributed by atoms with van der Waals surface area (Å²) in [5, 5.41) is 2.86. The molecule has 1 aromatic rings. The highest BCUT2D eigenvalue weighted by Crippen LogP contribution is 2.14. The molecule has 0 atom stereocenters. The van der Waals surface area contributed by atoms with Crippen molar-refractivity contribution in [2.24, 2.45) is 10.7 Å². The van der Waals surface area contributed by atoms with Crippen LogP contribution in [0.2, 0.25) is 0 Å². The summed E-state index contributed by atoms with van der Waals surface area (Å²) in [5.74, 6) is 0.224. The second kappa shape index (κ2) is 7.63. The topological polar surface area (TPSA) is 59.6 Å². The molecule has 0 unspecified atom stereocenters. The predicted octanol–water partition coefficient (Wildman–Crippen LogP) is 2.38. The number of para-hydroxylation sites is 1. The van der Waals surface area contributed by atoms with Crippen LogP contribution in [-0.2, 0) is 4.74 Å². The first kappa shape index (κ1) is 15.3. The van der Waals surface area contributed by atoms with Crippen molar-refractivity contribution < 1.29 is 17.9 Å². The molecule has 0 bridgehead atoms. The molecule has 0 amide bonds. The summed E-state index contributed by atoms with van der Waals surface area (Å²) >= 11 is 0. The third kappa shape index (κ3) is 8.04. The minimum atomic E-state index is -4.28. The molecule has 0 aliphatic carbocycles. The Kier molecular flexibility index (Phi) is 6.14. The zero-order valence-electron chi connectivity index (χ0n) is 10.3. The third-order valence-electron chi connectivity index (χ3n) is 2.04. The fourth-order valence-corrected chi connectivity index (χ4v) is 1.26. The zero-order valence-corrected chi connectivity index (χ0v) is 10.3. The molecule has 0 fully saturated rings. The number of alkyl halides is 3. The number of nitrogens with two attached hydrogens (primary N) is 1. The van der Waals surface area contributed by atoms with Crippen molar-refractivity contribution in [2.75, 3.05) is 25.1 Å². The maximum Gasteiger partial charge on any atom is 0.411 e. The number of nitrogens with zero attached hydrogens (tertiary/aromatic N) is 1. The molecule has 7 heteroatoms. The van der Waals surface area contributed by atoms with E-state index < -0.39 is 12.8 Å². The highest BCUT2D eigenvalue weighted by Gasteiger charge is 2.27. The lowest BCUT2D eigenvalue weighted by atomic mass is 10.3. The lowest BCUT2D eigenvalue weighted by Gasteiger charge is -2.07. The Morgan fingerprint density at radius 3 is 2.58 bits per heavy atom. The second-order valence-electron chi connectivity index (χ2n) is 3.78. The van der Waals surface area contributed by atoms with E-state index in [1.54, 1.807) is 0 Å². The van der Waals surface area contributed by atoms with Gasteiger partial charge in [-0.1, -0.05) is 18.2 Å². The van der Waals surface area contributed by atoms with Gasteiger partial charge in [-0.25, -0.2) is 0 Å². The van der Waals surface area contributed by atoms with Gasteiger partial charge in [0.05, 0.1) is 0 Å². The summed E-state index contributed by atoms with van der Waals surface area (Å²) in [5.41, 5.74) is 6.41. The number of aliphatic imine (C=N–C) groups is 1. The number of halogens is 3. The minimum absolute atomic E-state index is 0.00161. The van der Waals surface area contributed by atoms with Crippen molar-refractivity contribution in [3.05, 3.63) is 30.3 Å². The molecule has 0 aromatic heterocycles. The van der Waals surface area contributed by atoms with Gasteiger partial charge in [-0.15, -0.1) is 0 Å². The van der Waals surface area contributed by atoms with Gasteiger partial charge in [0.1, 0.15) is 6.61 Å². The van der Waals surface area contributed by atoms with Gasteiger partial charge in [-0.05, 0) is 18.6 Å². The number of ether oxygens (including phenoxy) is 1. The summed E-state index contributed by atoms with van der Waals surface area (Å²) in [6, 6.07) is 9.22. The molecule has 0 saturated heterocycles. The number of hydrogen-bond donors (Lipinski definition) is 2. The van der Waals surface area contributed by atoms with E-state index in [0.29, 0.717) is 13.0 Å². The van der Waals surface area contributed by atoms with Crippen LogP contribution in [0.15, 0.2) is 35.3 Å². The maximum absolute atomic E-state index is 11.8. The number of benzene rings is 1. The van der Waals surface area contributed by atoms with Crippen molar-refractivity contribution in [1.29, 1.82) is 0 Å². The molecule has 0 spiro atoms. The molecule has 106 valence electrons. The second-order valence-corrected chi connectivity index (χ2v) is 3.78. The average Bonchev–Trinajstić information content (AvgIpc) is 2.33. The Bertz CT molecular complexity index is 393. The van der Waals surface area contributed by atoms with Crippen LogP contribution in [0, 0.1) is 0 Å². The van der Waals surface area contributed by atoms with Crippen LogP contribution in [-0.4, -0.2) is 31.9 Å². The van der Waals surface area contributed by atoms with Crippen LogP contribution in [0.5, 0.6) is 0 Å². The SMILES string of the molecule is NC(=NCCCOCC(F)(F)F)Nc1ccccc1. The third-order valence-corrected chi connectivity index (χ3v) is 2.04. The van der Waals surface area contributed by atoms with E-state index in [1.165, 1.54) is 0 Å². The van der Waals surface area contributed by atoms with Crippen molar-refractivity contribution in [3.63, 3.8) is 0 Å². The fourth-order valence-electron chi connectivity index (χ4n) is 1.26. The number of rotatable bonds is 6. The first-order valence-corrected chi connectivity index (χ1v) is 5.74. The van der Waals surface area contributed by atoms with E-state index >= 15 is 0 Å². The Morgan fingerprint density at radius 2 is 1.95 bits per heavy atom. The van der Waals surface area contributed by atoms with E-state index in [0.717, 1.165) is 5.69 Å². The van der Waals surface area contributed by atoms with Crippen LogP contribution < -0.4 is 11.1 Å². The Morgan fingerprint density at radius 1 is 1.26 bits per heavy atom. The van der Waals surface area contributed by atoms with Crippen LogP contribution in [0.3, 0.4) is 0 Å². The van der Waals surface area contributed by atoms with Crippen LogP contribution in [0.25, 0.3) is 0 Å². The van der Waals surface area contributed by atoms with Crippen LogP contribution in [0.4, 0.5) is 18.9 Å². The molecule has 0 aliphatic heterocycles. The molecule has 4 nitrogen and oxygen atoms in total. The summed E-state index contributed by atoms with van der Waals surface area (Å²) in [6.45, 7) is -0.917. The summed E-state index contributed by atoms with van der Waals surface area (Å²) in [7, 11) is 0. The highest BCUT2D eigenvalue weighted by atomic mass is 19.4. The molecule has 19 heavy (non-hydrogen) atoms. The standard InChI is InChI=1S/C12H16F3N3O/c13-12(14,15)9-19-8-4-7-17-11(16)18-10-5-2-1-3-6-10/h1-3,5-6H,4,7-9H2,(H3,16,17,18). The molecule has 1 rings (SSSR count). The van der Waals surface area contributed by atoms with E-state index in [2.05, 4.69) is 15.0 Å². The number of anilines is 1. The number of hydrogen-bond acceptors (Lipinski definition) is 2. The zero-order chi connectivity index (χ0) is 14.1. The van der Waals surface area contributed by atoms with Gasteiger partial charge in [-0.3, -0.25) is 4.99 Å². The van der Waals surface area contributed by atoms with Gasteiger partial charge < -0.3 is 15.8 Å². The Hall–Kier alpha value is -1.76. The molecular weight excluding hydrogens is 259 g/mol. The number of nitrogens with one attached hydrogen (secondary N) is 1. The van der Waals surface area contributed by atoms with Crippen molar-refractivity contribution in [1.82, 2.24) is 0 Å². The molecule has 0 heterocycles. The lowest BCUT2D eigenvalue weighted by Crippen LogP contribution is -2.23. The largest absolute Gasteiger partial charge is 0.411 e. The highest BCUT2D eigenvalue weighted by molar-refractivity contribution is 5.92. The molecule has 1 aromatic carbocycles. The van der Waals surface area contributed by atoms with Gasteiger partial charge in [0.25, 0.3) is 0 Å². The lowest BCUT2D eigenvalue weighted by molar-refractivity contribution is -0.173. The summed E-state index contributed by atoms with van der Waals surface area (Å²) in [6.07, 6.45) is -3.90. The molecule has 0 radical (unpaired) electrons. The van der Waals surface area contributed by atoms with Crippen molar-refractivity contribution >= 4 is 11.6 Å². The Labute approximate surface area is 109 Å². The van der Waals surface area contributed by atoms with Gasteiger partial charge >= 0.3 is 6.18 Å². The normalized spacial score (nSPS) is 12.5. The van der Waals surface area contributed by atoms with Gasteiger partial charge in [0, 0.05) is 18.8 Å². The summed E-state index contributed by atoms with van der Waals surface area (Å²) < 4.78 is 39.7. The van der Waals surface area contributed by atoms with Gasteiger partial charge in [0.2, 0.25) is 0 Å². The molecule has 0 saturated carbocycles. The molecule has 3 N–H and O–H groups in total. The fraction of sp³-hybridized carbons (Fsp3) is 0.417. The van der Waals surface area contributed by atoms with Gasteiger partial charge in [-0.2, -0.15) is 13.2 Å². The quantitative estimate of drug-likeness (QED) is 0.476. The number of guanidine groups is 1. The van der Waals surface area contributed by atoms with Gasteiger partial charge in [0.15, 0.2) is 5.96 Å². The van der Waals surface area contributed by atoms with Crippen LogP contribution in [0.1, 0.15) is 6.42 Å². The maximum atomic E-state index is 11.8. The smallest absolute Gasteiger partial charge is 0.372 e. The van der Waals surface area contributed by atoms with E-state index in [4.69, 9.17) is 5.73 Å². The first-order chi connectivity index (χ1) is 8.97. The monoisotopic (exact) mass is 275 g/mol. The average molecular weight is 275 g/mol. The van der Waals surface area contributed by atoms with E-state index in [-0.39, 0.29) is 12.6 Å². The summed E-state index contributed by atoms with van der Waals surface area (Å²) in [4.78, 5) is 3.98. The van der Waals surface area contributed by atoms with E-state index in [1.807, 2.05) is 30.3 Å². The Balaban J connectivity index is 2.15. The van der Waals surface area contributed by atoms with Crippen LogP contribution >= 0.6 is 0 Å². The van der Waals surface area contributed by atoms with E-state index in [9.17, 15) is 13.2 Å². The molecular formula is C12H16F3N3O. The van der Waals surface area contributed by atoms with Crippen molar-refractivity contribution in [3.8, 4) is 0 Å². The van der Waals surface area contributed by atoms with Crippen molar-refractivity contribution in [2.45, 2.75) is 12.6 Å². The molecule has 0 aliphatic rings. The predicted molar refractivity (Wildman–Crippen MR) is 68.0 cm³/mol. The first-order valence-electron chi connectivity index (χ1n) is 5.74. The minimum Gasteiger partial charge on any atom is -0.372 e.